The predicted molar refractivity (Wildman–Crippen MR) is 50.2 cm³/mol. The number of aryl methyl sites for hydroxylation is 2. The standard InChI is InChI=1S/C8H13BrN2/c1-6(4-9)8-7(2)5-11(3)10-8/h5-6H,4H2,1-3H3. The Morgan fingerprint density at radius 3 is 2.73 bits per heavy atom. The van der Waals surface area contributed by atoms with Crippen molar-refractivity contribution >= 4 is 15.9 Å². The molecule has 0 bridgehead atoms. The Kier molecular flexibility index (Phi) is 2.71. The number of nitrogens with zero attached hydrogens (tertiary/aromatic N) is 2. The molecule has 0 radical (unpaired) electrons. The molecule has 0 N–H and O–H groups in total. The van der Waals surface area contributed by atoms with Gasteiger partial charge in [-0.2, -0.15) is 5.10 Å². The molecular weight excluding hydrogens is 204 g/mol. The van der Waals surface area contributed by atoms with Crippen LogP contribution in [0.3, 0.4) is 0 Å². The summed E-state index contributed by atoms with van der Waals surface area (Å²) in [4.78, 5) is 0. The Bertz CT molecular complexity index is 242. The van der Waals surface area contributed by atoms with E-state index in [1.165, 1.54) is 11.3 Å². The van der Waals surface area contributed by atoms with Gasteiger partial charge in [0.25, 0.3) is 0 Å². The van der Waals surface area contributed by atoms with E-state index >= 15 is 0 Å². The molecule has 1 unspecified atom stereocenters. The quantitative estimate of drug-likeness (QED) is 0.694. The van der Waals surface area contributed by atoms with Crippen LogP contribution < -0.4 is 0 Å². The van der Waals surface area contributed by atoms with E-state index in [1.54, 1.807) is 0 Å². The molecule has 2 nitrogen and oxygen atoms in total. The van der Waals surface area contributed by atoms with E-state index < -0.39 is 0 Å². The summed E-state index contributed by atoms with van der Waals surface area (Å²) in [5.74, 6) is 0.510. The van der Waals surface area contributed by atoms with Gasteiger partial charge in [-0.15, -0.1) is 0 Å². The van der Waals surface area contributed by atoms with E-state index in [2.05, 4.69) is 41.1 Å². The highest BCUT2D eigenvalue weighted by molar-refractivity contribution is 9.09. The monoisotopic (exact) mass is 216 g/mol. The summed E-state index contributed by atoms with van der Waals surface area (Å²) in [5, 5.41) is 5.34. The second kappa shape index (κ2) is 3.39. The Morgan fingerprint density at radius 1 is 1.73 bits per heavy atom. The van der Waals surface area contributed by atoms with Crippen molar-refractivity contribution in [1.82, 2.24) is 9.78 Å². The van der Waals surface area contributed by atoms with Crippen LogP contribution in [0, 0.1) is 6.92 Å². The lowest BCUT2D eigenvalue weighted by molar-refractivity contribution is 0.717. The molecule has 0 aliphatic heterocycles. The maximum atomic E-state index is 4.37. The molecule has 1 aromatic rings. The van der Waals surface area contributed by atoms with Crippen molar-refractivity contribution in [3.63, 3.8) is 0 Å². The first kappa shape index (κ1) is 8.78. The van der Waals surface area contributed by atoms with Crippen LogP contribution >= 0.6 is 15.9 Å². The van der Waals surface area contributed by atoms with E-state index in [4.69, 9.17) is 0 Å². The lowest BCUT2D eigenvalue weighted by Gasteiger charge is -2.03. The number of hydrogen-bond acceptors (Lipinski definition) is 1. The Balaban J connectivity index is 2.93. The third kappa shape index (κ3) is 1.83. The predicted octanol–water partition coefficient (Wildman–Crippen LogP) is 2.23. The summed E-state index contributed by atoms with van der Waals surface area (Å²) >= 11 is 3.45. The molecule has 0 spiro atoms. The Hall–Kier alpha value is -0.310. The summed E-state index contributed by atoms with van der Waals surface area (Å²) in [6, 6.07) is 0. The minimum absolute atomic E-state index is 0.510. The molecule has 0 fully saturated rings. The van der Waals surface area contributed by atoms with Crippen molar-refractivity contribution in [2.45, 2.75) is 19.8 Å². The molecule has 0 amide bonds. The van der Waals surface area contributed by atoms with Crippen molar-refractivity contribution in [3.8, 4) is 0 Å². The van der Waals surface area contributed by atoms with Crippen LogP contribution in [0.15, 0.2) is 6.20 Å². The van der Waals surface area contributed by atoms with Crippen LogP contribution in [0.25, 0.3) is 0 Å². The minimum atomic E-state index is 0.510. The van der Waals surface area contributed by atoms with E-state index in [0.29, 0.717) is 5.92 Å². The van der Waals surface area contributed by atoms with Gasteiger partial charge in [-0.1, -0.05) is 22.9 Å². The van der Waals surface area contributed by atoms with Gasteiger partial charge in [0, 0.05) is 24.5 Å². The molecule has 1 heterocycles. The summed E-state index contributed by atoms with van der Waals surface area (Å²) < 4.78 is 1.86. The highest BCUT2D eigenvalue weighted by Gasteiger charge is 2.09. The summed E-state index contributed by atoms with van der Waals surface area (Å²) in [6.07, 6.45) is 2.05. The zero-order chi connectivity index (χ0) is 8.43. The maximum absolute atomic E-state index is 4.37. The molecule has 0 aliphatic rings. The number of alkyl halides is 1. The number of hydrogen-bond donors (Lipinski definition) is 0. The zero-order valence-corrected chi connectivity index (χ0v) is 8.72. The van der Waals surface area contributed by atoms with E-state index in [9.17, 15) is 0 Å². The van der Waals surface area contributed by atoms with Gasteiger partial charge < -0.3 is 0 Å². The second-order valence-electron chi connectivity index (χ2n) is 2.93. The molecule has 3 heteroatoms. The molecule has 0 saturated carbocycles. The van der Waals surface area contributed by atoms with Crippen LogP contribution in [0.2, 0.25) is 0 Å². The first-order valence-electron chi connectivity index (χ1n) is 3.71. The number of aromatic nitrogens is 2. The van der Waals surface area contributed by atoms with Crippen LogP contribution in [0.1, 0.15) is 24.1 Å². The molecule has 62 valence electrons. The van der Waals surface area contributed by atoms with Gasteiger partial charge in [0.1, 0.15) is 0 Å². The zero-order valence-electron chi connectivity index (χ0n) is 7.13. The van der Waals surface area contributed by atoms with Crippen LogP contribution in [-0.2, 0) is 7.05 Å². The van der Waals surface area contributed by atoms with Crippen LogP contribution in [0.4, 0.5) is 0 Å². The average molecular weight is 217 g/mol. The van der Waals surface area contributed by atoms with Crippen LogP contribution in [-0.4, -0.2) is 15.1 Å². The number of rotatable bonds is 2. The third-order valence-corrected chi connectivity index (χ3v) is 2.72. The lowest BCUT2D eigenvalue weighted by atomic mass is 10.1. The van der Waals surface area contributed by atoms with E-state index in [1.807, 2.05) is 11.7 Å². The van der Waals surface area contributed by atoms with Crippen molar-refractivity contribution in [1.29, 1.82) is 0 Å². The van der Waals surface area contributed by atoms with Gasteiger partial charge in [-0.25, -0.2) is 0 Å². The van der Waals surface area contributed by atoms with E-state index in [0.717, 1.165) is 5.33 Å². The average Bonchev–Trinajstić information content (AvgIpc) is 2.28. The summed E-state index contributed by atoms with van der Waals surface area (Å²) in [7, 11) is 1.96. The summed E-state index contributed by atoms with van der Waals surface area (Å²) in [6.45, 7) is 4.27. The normalized spacial score (nSPS) is 13.5. The minimum Gasteiger partial charge on any atom is -0.275 e. The van der Waals surface area contributed by atoms with Crippen molar-refractivity contribution < 1.29 is 0 Å². The second-order valence-corrected chi connectivity index (χ2v) is 3.57. The molecule has 1 atom stereocenters. The van der Waals surface area contributed by atoms with Gasteiger partial charge in [0.05, 0.1) is 5.69 Å². The number of halogens is 1. The molecule has 0 saturated heterocycles. The smallest absolute Gasteiger partial charge is 0.0690 e. The molecule has 1 aromatic heterocycles. The van der Waals surface area contributed by atoms with Gasteiger partial charge in [-0.3, -0.25) is 4.68 Å². The third-order valence-electron chi connectivity index (χ3n) is 1.75. The molecule has 0 aromatic carbocycles. The first-order chi connectivity index (χ1) is 5.15. The molecule has 1 rings (SSSR count). The molecule has 11 heavy (non-hydrogen) atoms. The molecule has 0 aliphatic carbocycles. The van der Waals surface area contributed by atoms with Crippen molar-refractivity contribution in [2.75, 3.05) is 5.33 Å². The van der Waals surface area contributed by atoms with Gasteiger partial charge in [-0.05, 0) is 12.5 Å². The van der Waals surface area contributed by atoms with Crippen molar-refractivity contribution in [3.05, 3.63) is 17.5 Å². The van der Waals surface area contributed by atoms with Gasteiger partial charge in [0.15, 0.2) is 0 Å². The highest BCUT2D eigenvalue weighted by atomic mass is 79.9. The SMILES string of the molecule is Cc1cn(C)nc1C(C)CBr. The lowest BCUT2D eigenvalue weighted by Crippen LogP contribution is -1.98. The van der Waals surface area contributed by atoms with Crippen LogP contribution in [0.5, 0.6) is 0 Å². The maximum Gasteiger partial charge on any atom is 0.0690 e. The topological polar surface area (TPSA) is 17.8 Å². The molecular formula is C8H13BrN2. The summed E-state index contributed by atoms with van der Waals surface area (Å²) in [5.41, 5.74) is 2.48. The Morgan fingerprint density at radius 2 is 2.36 bits per heavy atom. The van der Waals surface area contributed by atoms with Gasteiger partial charge in [0.2, 0.25) is 0 Å². The van der Waals surface area contributed by atoms with Crippen molar-refractivity contribution in [2.24, 2.45) is 7.05 Å². The largest absolute Gasteiger partial charge is 0.275 e. The van der Waals surface area contributed by atoms with E-state index in [-0.39, 0.29) is 0 Å². The fraction of sp³-hybridized carbons (Fsp3) is 0.625. The first-order valence-corrected chi connectivity index (χ1v) is 4.83. The highest BCUT2D eigenvalue weighted by Crippen LogP contribution is 2.18. The van der Waals surface area contributed by atoms with Gasteiger partial charge >= 0.3 is 0 Å². The Labute approximate surface area is 75.7 Å². The fourth-order valence-corrected chi connectivity index (χ4v) is 1.49. The fourth-order valence-electron chi connectivity index (χ4n) is 1.18.